The van der Waals surface area contributed by atoms with E-state index in [0.717, 1.165) is 24.8 Å². The van der Waals surface area contributed by atoms with Gasteiger partial charge in [-0.25, -0.2) is 0 Å². The summed E-state index contributed by atoms with van der Waals surface area (Å²) < 4.78 is 0. The van der Waals surface area contributed by atoms with Crippen LogP contribution in [0.25, 0.3) is 0 Å². The van der Waals surface area contributed by atoms with Crippen LogP contribution in [0.5, 0.6) is 0 Å². The van der Waals surface area contributed by atoms with Crippen molar-refractivity contribution < 1.29 is 4.79 Å². The van der Waals surface area contributed by atoms with Gasteiger partial charge in [-0.05, 0) is 36.1 Å². The van der Waals surface area contributed by atoms with Crippen LogP contribution in [0.4, 0.5) is 5.69 Å². The number of benzene rings is 1. The van der Waals surface area contributed by atoms with Crippen LogP contribution in [-0.2, 0) is 17.9 Å². The zero-order chi connectivity index (χ0) is 12.5. The molecule has 0 saturated heterocycles. The minimum Gasteiger partial charge on any atom is -0.330 e. The Morgan fingerprint density at radius 2 is 2.11 bits per heavy atom. The zero-order valence-electron chi connectivity index (χ0n) is 10.5. The van der Waals surface area contributed by atoms with Crippen molar-refractivity contribution in [1.82, 2.24) is 4.90 Å². The van der Waals surface area contributed by atoms with Gasteiger partial charge in [0.1, 0.15) is 0 Å². The van der Waals surface area contributed by atoms with Crippen LogP contribution in [0.3, 0.4) is 0 Å². The summed E-state index contributed by atoms with van der Waals surface area (Å²) in [6.07, 6.45) is 3.06. The summed E-state index contributed by atoms with van der Waals surface area (Å²) in [6.45, 7) is 2.49. The minimum atomic E-state index is -0.00510. The summed E-state index contributed by atoms with van der Waals surface area (Å²) in [7, 11) is 0. The summed E-state index contributed by atoms with van der Waals surface area (Å²) in [6, 6.07) is 7.03. The van der Waals surface area contributed by atoms with Gasteiger partial charge in [0.15, 0.2) is 0 Å². The minimum absolute atomic E-state index is 0.00510. The van der Waals surface area contributed by atoms with Gasteiger partial charge in [0, 0.05) is 37.8 Å². The first-order chi connectivity index (χ1) is 8.76. The molecule has 3 N–H and O–H groups in total. The molecule has 4 nitrogen and oxygen atoms in total. The van der Waals surface area contributed by atoms with E-state index in [1.807, 2.05) is 6.07 Å². The predicted molar refractivity (Wildman–Crippen MR) is 71.0 cm³/mol. The first-order valence-corrected chi connectivity index (χ1v) is 6.62. The van der Waals surface area contributed by atoms with E-state index in [-0.39, 0.29) is 5.91 Å². The molecule has 0 unspecified atom stereocenters. The average Bonchev–Trinajstić information content (AvgIpc) is 3.10. The average molecular weight is 245 g/mol. The van der Waals surface area contributed by atoms with Crippen molar-refractivity contribution in [2.45, 2.75) is 38.4 Å². The highest BCUT2D eigenvalue weighted by molar-refractivity contribution is 5.90. The molecule has 1 heterocycles. The van der Waals surface area contributed by atoms with Crippen molar-refractivity contribution in [2.75, 3.05) is 11.9 Å². The van der Waals surface area contributed by atoms with E-state index in [9.17, 15) is 4.79 Å². The molecule has 1 aliphatic heterocycles. The number of nitrogens with two attached hydrogens (primary N) is 1. The predicted octanol–water partition coefficient (Wildman–Crippen LogP) is 1.45. The zero-order valence-corrected chi connectivity index (χ0v) is 10.5. The third-order valence-corrected chi connectivity index (χ3v) is 3.67. The Balaban J connectivity index is 1.68. The van der Waals surface area contributed by atoms with Gasteiger partial charge in [0.2, 0.25) is 5.91 Å². The lowest BCUT2D eigenvalue weighted by atomic mass is 10.1. The number of hydrogen-bond donors (Lipinski definition) is 2. The van der Waals surface area contributed by atoms with Gasteiger partial charge in [0.05, 0.1) is 0 Å². The number of nitrogens with zero attached hydrogens (tertiary/aromatic N) is 1. The maximum absolute atomic E-state index is 11.5. The lowest BCUT2D eigenvalue weighted by molar-refractivity contribution is -0.116. The molecule has 1 fully saturated rings. The second kappa shape index (κ2) is 4.71. The van der Waals surface area contributed by atoms with Crippen LogP contribution >= 0.6 is 0 Å². The normalized spacial score (nSPS) is 18.7. The number of nitrogens with one attached hydrogen (secondary N) is 1. The van der Waals surface area contributed by atoms with Gasteiger partial charge >= 0.3 is 0 Å². The molecule has 1 aromatic carbocycles. The Morgan fingerprint density at radius 3 is 2.83 bits per heavy atom. The Labute approximate surface area is 107 Å². The number of fused-ring (bicyclic) bond motifs is 1. The Morgan fingerprint density at radius 1 is 1.33 bits per heavy atom. The standard InChI is InChI=1S/C14H19N3O/c15-6-5-14(18)16-12-2-1-10-8-17(13-3-4-13)9-11(10)7-12/h1-2,7,13H,3-6,8-9,15H2,(H,16,18). The van der Waals surface area contributed by atoms with Gasteiger partial charge in [0.25, 0.3) is 0 Å². The van der Waals surface area contributed by atoms with Crippen molar-refractivity contribution >= 4 is 11.6 Å². The van der Waals surface area contributed by atoms with Crippen LogP contribution in [-0.4, -0.2) is 23.4 Å². The van der Waals surface area contributed by atoms with E-state index in [1.165, 1.54) is 24.0 Å². The topological polar surface area (TPSA) is 58.4 Å². The smallest absolute Gasteiger partial charge is 0.225 e. The van der Waals surface area contributed by atoms with E-state index in [2.05, 4.69) is 22.3 Å². The molecule has 4 heteroatoms. The Bertz CT molecular complexity index is 468. The van der Waals surface area contributed by atoms with Crippen LogP contribution in [0.1, 0.15) is 30.4 Å². The molecule has 2 aliphatic rings. The highest BCUT2D eigenvalue weighted by atomic mass is 16.1. The summed E-state index contributed by atoms with van der Waals surface area (Å²) >= 11 is 0. The lowest BCUT2D eigenvalue weighted by Gasteiger charge is -2.12. The van der Waals surface area contributed by atoms with E-state index >= 15 is 0 Å². The van der Waals surface area contributed by atoms with Crippen molar-refractivity contribution in [3.63, 3.8) is 0 Å². The van der Waals surface area contributed by atoms with Gasteiger partial charge in [-0.3, -0.25) is 9.69 Å². The first kappa shape index (κ1) is 11.7. The first-order valence-electron chi connectivity index (χ1n) is 6.62. The molecular formula is C14H19N3O. The molecule has 18 heavy (non-hydrogen) atoms. The Kier molecular flexibility index (Phi) is 3.06. The van der Waals surface area contributed by atoms with Crippen molar-refractivity contribution in [1.29, 1.82) is 0 Å². The molecule has 1 amide bonds. The van der Waals surface area contributed by atoms with E-state index in [4.69, 9.17) is 5.73 Å². The molecule has 0 spiro atoms. The quantitative estimate of drug-likeness (QED) is 0.844. The summed E-state index contributed by atoms with van der Waals surface area (Å²) in [5, 5.41) is 2.89. The molecular weight excluding hydrogens is 226 g/mol. The van der Waals surface area contributed by atoms with E-state index < -0.39 is 0 Å². The van der Waals surface area contributed by atoms with Crippen molar-refractivity contribution in [3.05, 3.63) is 29.3 Å². The largest absolute Gasteiger partial charge is 0.330 e. The van der Waals surface area contributed by atoms with Crippen molar-refractivity contribution in [2.24, 2.45) is 5.73 Å². The molecule has 1 aliphatic carbocycles. The van der Waals surface area contributed by atoms with E-state index in [1.54, 1.807) is 0 Å². The summed E-state index contributed by atoms with van der Waals surface area (Å²) in [4.78, 5) is 14.0. The van der Waals surface area contributed by atoms with Crippen LogP contribution in [0.2, 0.25) is 0 Å². The number of carbonyl (C=O) groups excluding carboxylic acids is 1. The monoisotopic (exact) mass is 245 g/mol. The highest BCUT2D eigenvalue weighted by Gasteiger charge is 2.32. The molecule has 3 rings (SSSR count). The third-order valence-electron chi connectivity index (χ3n) is 3.67. The van der Waals surface area contributed by atoms with Crippen LogP contribution < -0.4 is 11.1 Å². The molecule has 96 valence electrons. The molecule has 0 aromatic heterocycles. The third kappa shape index (κ3) is 2.40. The molecule has 0 bridgehead atoms. The molecule has 0 atom stereocenters. The van der Waals surface area contributed by atoms with Gasteiger partial charge in [-0.2, -0.15) is 0 Å². The van der Waals surface area contributed by atoms with Gasteiger partial charge in [-0.15, -0.1) is 0 Å². The maximum atomic E-state index is 11.5. The van der Waals surface area contributed by atoms with E-state index in [0.29, 0.717) is 13.0 Å². The van der Waals surface area contributed by atoms with Crippen LogP contribution in [0.15, 0.2) is 18.2 Å². The van der Waals surface area contributed by atoms with Gasteiger partial charge < -0.3 is 11.1 Å². The number of amides is 1. The lowest BCUT2D eigenvalue weighted by Crippen LogP contribution is -2.18. The molecule has 1 saturated carbocycles. The number of anilines is 1. The second-order valence-corrected chi connectivity index (χ2v) is 5.21. The van der Waals surface area contributed by atoms with Crippen LogP contribution in [0, 0.1) is 0 Å². The fourth-order valence-corrected chi connectivity index (χ4v) is 2.55. The summed E-state index contributed by atoms with van der Waals surface area (Å²) in [5.74, 6) is -0.00510. The second-order valence-electron chi connectivity index (χ2n) is 5.21. The Hall–Kier alpha value is -1.39. The van der Waals surface area contributed by atoms with Crippen molar-refractivity contribution in [3.8, 4) is 0 Å². The number of rotatable bonds is 4. The molecule has 1 aromatic rings. The summed E-state index contributed by atoms with van der Waals surface area (Å²) in [5.41, 5.74) is 9.01. The number of carbonyl (C=O) groups is 1. The fourth-order valence-electron chi connectivity index (χ4n) is 2.55. The highest BCUT2D eigenvalue weighted by Crippen LogP contribution is 2.35. The maximum Gasteiger partial charge on any atom is 0.225 e. The molecule has 0 radical (unpaired) electrons. The van der Waals surface area contributed by atoms with Gasteiger partial charge in [-0.1, -0.05) is 6.07 Å². The number of hydrogen-bond acceptors (Lipinski definition) is 3. The fraction of sp³-hybridized carbons (Fsp3) is 0.500. The SMILES string of the molecule is NCCC(=O)Nc1ccc2c(c1)CN(C1CC1)C2.